The van der Waals surface area contributed by atoms with Crippen LogP contribution >= 0.6 is 28.7 Å². The Morgan fingerprint density at radius 1 is 1.40 bits per heavy atom. The summed E-state index contributed by atoms with van der Waals surface area (Å²) in [5.41, 5.74) is 3.11. The van der Waals surface area contributed by atoms with Crippen LogP contribution in [0.1, 0.15) is 18.1 Å². The first-order valence-electron chi connectivity index (χ1n) is 6.62. The van der Waals surface area contributed by atoms with E-state index in [1.807, 2.05) is 11.8 Å². The molecule has 1 aromatic rings. The Hall–Kier alpha value is -0.810. The first kappa shape index (κ1) is 15.6. The van der Waals surface area contributed by atoms with Crippen molar-refractivity contribution in [2.24, 2.45) is 0 Å². The number of hydrogen-bond acceptors (Lipinski definition) is 4. The smallest absolute Gasteiger partial charge is 0.200 e. The van der Waals surface area contributed by atoms with E-state index in [4.69, 9.17) is 4.74 Å². The highest BCUT2D eigenvalue weighted by Gasteiger charge is 2.34. The second kappa shape index (κ2) is 5.53. The molecule has 1 aromatic carbocycles. The van der Waals surface area contributed by atoms with Crippen molar-refractivity contribution in [3.05, 3.63) is 34.4 Å². The monoisotopic (exact) mass is 356 g/mol. The molecule has 1 unspecified atom stereocenters. The van der Waals surface area contributed by atoms with Crippen molar-refractivity contribution in [2.75, 3.05) is 24.7 Å². The molecule has 1 N–H and O–H groups in total. The number of fused-ring (bicyclic) bond motifs is 1. The molecule has 0 saturated carbocycles. The van der Waals surface area contributed by atoms with Crippen LogP contribution in [0.5, 0.6) is 5.75 Å². The topological polar surface area (TPSA) is 24.5 Å². The summed E-state index contributed by atoms with van der Waals surface area (Å²) in [6, 6.07) is 4.31. The average Bonchev–Trinajstić information content (AvgIpc) is 2.83. The van der Waals surface area contributed by atoms with Gasteiger partial charge < -0.3 is 15.0 Å². The van der Waals surface area contributed by atoms with E-state index in [0.29, 0.717) is 0 Å². The lowest BCUT2D eigenvalue weighted by Crippen LogP contribution is -2.35. The molecule has 0 radical (unpaired) electrons. The van der Waals surface area contributed by atoms with Gasteiger partial charge in [-0.1, -0.05) is 6.07 Å². The Balaban J connectivity index is 0.00000147. The molecule has 2 aliphatic heterocycles. The molecule has 1 fully saturated rings. The zero-order valence-electron chi connectivity index (χ0n) is 12.3. The lowest BCUT2D eigenvalue weighted by molar-refractivity contribution is 0.190. The highest BCUT2D eigenvalue weighted by Crippen LogP contribution is 2.42. The van der Waals surface area contributed by atoms with Gasteiger partial charge in [0, 0.05) is 25.4 Å². The predicted molar refractivity (Wildman–Crippen MR) is 92.1 cm³/mol. The highest BCUT2D eigenvalue weighted by molar-refractivity contribution is 8.93. The van der Waals surface area contributed by atoms with Gasteiger partial charge in [-0.2, -0.15) is 0 Å². The summed E-state index contributed by atoms with van der Waals surface area (Å²) < 4.78 is 6.16. The van der Waals surface area contributed by atoms with Gasteiger partial charge >= 0.3 is 0 Å². The Morgan fingerprint density at radius 2 is 2.15 bits per heavy atom. The molecule has 0 aliphatic carbocycles. The van der Waals surface area contributed by atoms with Crippen LogP contribution < -0.4 is 10.1 Å². The third-order valence-electron chi connectivity index (χ3n) is 3.57. The molecule has 2 heterocycles. The number of nitrogens with zero attached hydrogens (tertiary/aromatic N) is 1. The summed E-state index contributed by atoms with van der Waals surface area (Å²) in [5.74, 6) is 2.14. The molecule has 0 spiro atoms. The molecule has 0 amide bonds. The molecule has 0 bridgehead atoms. The number of nitrogens with one attached hydrogen (secondary N) is 1. The lowest BCUT2D eigenvalue weighted by atomic mass is 10.1. The standard InChI is InChI=1S/C15H20N2OS.BrH/c1-10-7-11(2)14-12(8-10)16-15(3,18-14)9-13-17(4)5-6-19-13;/h7-9,16H,5-6H2,1-4H3;1H/b13-9-;. The summed E-state index contributed by atoms with van der Waals surface area (Å²) in [5, 5.41) is 4.79. The third-order valence-corrected chi connectivity index (χ3v) is 4.68. The van der Waals surface area contributed by atoms with Gasteiger partial charge in [-0.15, -0.1) is 28.7 Å². The SMILES string of the molecule is Br.Cc1cc(C)c2c(c1)NC(C)(/C=C1\SCCN1C)O2. The fourth-order valence-electron chi connectivity index (χ4n) is 2.65. The molecule has 5 heteroatoms. The fourth-order valence-corrected chi connectivity index (χ4v) is 3.84. The van der Waals surface area contributed by atoms with Gasteiger partial charge in [-0.05, 0) is 38.0 Å². The number of halogens is 1. The lowest BCUT2D eigenvalue weighted by Gasteiger charge is -2.23. The Bertz CT molecular complexity index is 561. The molecule has 110 valence electrons. The fraction of sp³-hybridized carbons (Fsp3) is 0.467. The van der Waals surface area contributed by atoms with Crippen molar-refractivity contribution in [3.8, 4) is 5.75 Å². The van der Waals surface area contributed by atoms with Crippen LogP contribution in [0.2, 0.25) is 0 Å². The van der Waals surface area contributed by atoms with Gasteiger partial charge in [0.25, 0.3) is 0 Å². The van der Waals surface area contributed by atoms with E-state index in [-0.39, 0.29) is 17.0 Å². The van der Waals surface area contributed by atoms with Gasteiger partial charge in [0.2, 0.25) is 0 Å². The summed E-state index contributed by atoms with van der Waals surface area (Å²) in [6.07, 6.45) is 2.19. The van der Waals surface area contributed by atoms with Gasteiger partial charge in [0.15, 0.2) is 5.72 Å². The third kappa shape index (κ3) is 2.79. The second-order valence-corrected chi connectivity index (χ2v) is 6.66. The number of aryl methyl sites for hydroxylation is 2. The molecule has 0 aromatic heterocycles. The maximum Gasteiger partial charge on any atom is 0.200 e. The highest BCUT2D eigenvalue weighted by atomic mass is 79.9. The van der Waals surface area contributed by atoms with Crippen LogP contribution in [0.4, 0.5) is 5.69 Å². The van der Waals surface area contributed by atoms with E-state index in [2.05, 4.69) is 56.2 Å². The van der Waals surface area contributed by atoms with E-state index in [9.17, 15) is 0 Å². The molecule has 2 aliphatic rings. The molecule has 20 heavy (non-hydrogen) atoms. The van der Waals surface area contributed by atoms with E-state index < -0.39 is 5.72 Å². The quantitative estimate of drug-likeness (QED) is 0.823. The zero-order chi connectivity index (χ0) is 13.6. The molecule has 3 rings (SSSR count). The molecule has 1 saturated heterocycles. The van der Waals surface area contributed by atoms with Crippen LogP contribution in [0, 0.1) is 13.8 Å². The molecule has 1 atom stereocenters. The van der Waals surface area contributed by atoms with Crippen LogP contribution in [-0.4, -0.2) is 30.0 Å². The molecular weight excluding hydrogens is 336 g/mol. The van der Waals surface area contributed by atoms with Crippen LogP contribution in [0.3, 0.4) is 0 Å². The van der Waals surface area contributed by atoms with Gasteiger partial charge in [0.05, 0.1) is 10.7 Å². The van der Waals surface area contributed by atoms with Gasteiger partial charge in [-0.25, -0.2) is 0 Å². The van der Waals surface area contributed by atoms with E-state index >= 15 is 0 Å². The van der Waals surface area contributed by atoms with Crippen LogP contribution in [0.15, 0.2) is 23.2 Å². The van der Waals surface area contributed by atoms with E-state index in [1.165, 1.54) is 16.2 Å². The second-order valence-electron chi connectivity index (χ2n) is 5.55. The Labute approximate surface area is 135 Å². The van der Waals surface area contributed by atoms with Crippen molar-refractivity contribution in [1.82, 2.24) is 4.90 Å². The first-order valence-corrected chi connectivity index (χ1v) is 7.61. The van der Waals surface area contributed by atoms with Crippen molar-refractivity contribution < 1.29 is 4.74 Å². The van der Waals surface area contributed by atoms with Gasteiger partial charge in [-0.3, -0.25) is 0 Å². The normalized spacial score (nSPS) is 26.0. The van der Waals surface area contributed by atoms with E-state index in [0.717, 1.165) is 23.7 Å². The van der Waals surface area contributed by atoms with Crippen molar-refractivity contribution in [2.45, 2.75) is 26.5 Å². The maximum absolute atomic E-state index is 6.16. The van der Waals surface area contributed by atoms with Crippen molar-refractivity contribution in [3.63, 3.8) is 0 Å². The van der Waals surface area contributed by atoms with E-state index in [1.54, 1.807) is 0 Å². The first-order chi connectivity index (χ1) is 8.97. The molecular formula is C15H21BrN2OS. The number of hydrogen-bond donors (Lipinski definition) is 1. The predicted octanol–water partition coefficient (Wildman–Crippen LogP) is 3.92. The molecule has 3 nitrogen and oxygen atoms in total. The van der Waals surface area contributed by atoms with Crippen molar-refractivity contribution >= 4 is 34.4 Å². The summed E-state index contributed by atoms with van der Waals surface area (Å²) in [6.45, 7) is 7.41. The number of benzene rings is 1. The average molecular weight is 357 g/mol. The summed E-state index contributed by atoms with van der Waals surface area (Å²) in [7, 11) is 2.13. The van der Waals surface area contributed by atoms with Crippen LogP contribution in [0.25, 0.3) is 0 Å². The van der Waals surface area contributed by atoms with Crippen LogP contribution in [-0.2, 0) is 0 Å². The largest absolute Gasteiger partial charge is 0.462 e. The Kier molecular flexibility index (Phi) is 4.30. The minimum absolute atomic E-state index is 0. The number of anilines is 1. The number of rotatable bonds is 1. The minimum atomic E-state index is -0.443. The summed E-state index contributed by atoms with van der Waals surface area (Å²) >= 11 is 1.89. The Morgan fingerprint density at radius 3 is 2.80 bits per heavy atom. The minimum Gasteiger partial charge on any atom is -0.462 e. The zero-order valence-corrected chi connectivity index (χ0v) is 14.8. The summed E-state index contributed by atoms with van der Waals surface area (Å²) in [4.78, 5) is 2.28. The van der Waals surface area contributed by atoms with Gasteiger partial charge in [0.1, 0.15) is 5.75 Å². The maximum atomic E-state index is 6.16. The van der Waals surface area contributed by atoms with Crippen molar-refractivity contribution in [1.29, 1.82) is 0 Å². The number of ether oxygens (including phenoxy) is 1. The number of thioether (sulfide) groups is 1.